The first-order valence-corrected chi connectivity index (χ1v) is 8.07. The lowest BCUT2D eigenvalue weighted by Gasteiger charge is -2.18. The van der Waals surface area contributed by atoms with E-state index in [1.807, 2.05) is 31.2 Å². The van der Waals surface area contributed by atoms with E-state index in [9.17, 15) is 4.79 Å². The maximum absolute atomic E-state index is 12.3. The van der Waals surface area contributed by atoms with Crippen molar-refractivity contribution in [1.82, 2.24) is 5.32 Å². The summed E-state index contributed by atoms with van der Waals surface area (Å²) >= 11 is 15.3. The summed E-state index contributed by atoms with van der Waals surface area (Å²) in [5.41, 5.74) is 1.52. The van der Waals surface area contributed by atoms with Gasteiger partial charge in [-0.15, -0.1) is 0 Å². The highest BCUT2D eigenvalue weighted by molar-refractivity contribution is 9.10. The van der Waals surface area contributed by atoms with Gasteiger partial charge in [-0.3, -0.25) is 4.79 Å². The quantitative estimate of drug-likeness (QED) is 0.723. The van der Waals surface area contributed by atoms with Crippen molar-refractivity contribution in [2.45, 2.75) is 19.4 Å². The molecule has 0 saturated heterocycles. The Morgan fingerprint density at radius 3 is 2.62 bits per heavy atom. The number of hydrogen-bond acceptors (Lipinski definition) is 1. The van der Waals surface area contributed by atoms with Crippen molar-refractivity contribution in [2.75, 3.05) is 0 Å². The Bertz CT molecular complexity index is 660. The number of carbonyl (C=O) groups excluding carboxylic acids is 1. The van der Waals surface area contributed by atoms with Crippen molar-refractivity contribution in [2.24, 2.45) is 0 Å². The number of nitrogens with one attached hydrogen (secondary N) is 1. The van der Waals surface area contributed by atoms with Crippen LogP contribution in [0.25, 0.3) is 0 Å². The molecule has 0 heterocycles. The molecule has 21 heavy (non-hydrogen) atoms. The first-order chi connectivity index (χ1) is 10.0. The largest absolute Gasteiger partial charge is 0.345 e. The van der Waals surface area contributed by atoms with Crippen LogP contribution in [-0.4, -0.2) is 5.91 Å². The van der Waals surface area contributed by atoms with E-state index in [0.29, 0.717) is 15.6 Å². The Kier molecular flexibility index (Phi) is 5.68. The summed E-state index contributed by atoms with van der Waals surface area (Å²) in [4.78, 5) is 12.3. The molecule has 2 rings (SSSR count). The molecule has 0 saturated carbocycles. The standard InChI is InChI=1S/C16H14BrCl2NO/c1-2-15(10-4-3-5-12(18)8-10)20-16(21)11-6-7-13(17)14(19)9-11/h3-9,15H,2H2,1H3,(H,20,21). The molecule has 1 unspecified atom stereocenters. The first kappa shape index (κ1) is 16.3. The average Bonchev–Trinajstić information content (AvgIpc) is 2.47. The second-order valence-electron chi connectivity index (χ2n) is 4.62. The second kappa shape index (κ2) is 7.30. The molecule has 0 bridgehead atoms. The van der Waals surface area contributed by atoms with Crippen LogP contribution in [0.5, 0.6) is 0 Å². The van der Waals surface area contributed by atoms with Gasteiger partial charge in [-0.1, -0.05) is 42.3 Å². The van der Waals surface area contributed by atoms with Crippen LogP contribution in [-0.2, 0) is 0 Å². The van der Waals surface area contributed by atoms with Crippen LogP contribution in [0.4, 0.5) is 0 Å². The van der Waals surface area contributed by atoms with Crippen molar-refractivity contribution in [3.05, 3.63) is 68.1 Å². The SMILES string of the molecule is CCC(NC(=O)c1ccc(Br)c(Cl)c1)c1cccc(Cl)c1. The van der Waals surface area contributed by atoms with E-state index in [-0.39, 0.29) is 11.9 Å². The molecule has 0 aliphatic heterocycles. The average molecular weight is 387 g/mol. The Balaban J connectivity index is 2.18. The van der Waals surface area contributed by atoms with Crippen LogP contribution >= 0.6 is 39.1 Å². The number of carbonyl (C=O) groups is 1. The Labute approximate surface area is 142 Å². The molecule has 0 aliphatic carbocycles. The number of benzene rings is 2. The van der Waals surface area contributed by atoms with E-state index in [0.717, 1.165) is 16.5 Å². The molecular formula is C16H14BrCl2NO. The molecule has 1 amide bonds. The fourth-order valence-corrected chi connectivity index (χ4v) is 2.65. The molecule has 110 valence electrons. The fraction of sp³-hybridized carbons (Fsp3) is 0.188. The molecule has 5 heteroatoms. The second-order valence-corrected chi connectivity index (χ2v) is 6.32. The van der Waals surface area contributed by atoms with Gasteiger partial charge in [-0.25, -0.2) is 0 Å². The van der Waals surface area contributed by atoms with E-state index in [2.05, 4.69) is 21.2 Å². The molecule has 0 aliphatic rings. The third-order valence-corrected chi connectivity index (χ3v) is 4.61. The van der Waals surface area contributed by atoms with Crippen molar-refractivity contribution in [3.63, 3.8) is 0 Å². The molecular weight excluding hydrogens is 373 g/mol. The summed E-state index contributed by atoms with van der Waals surface area (Å²) in [5, 5.41) is 4.17. The van der Waals surface area contributed by atoms with Gasteiger partial charge in [0.05, 0.1) is 11.1 Å². The van der Waals surface area contributed by atoms with Crippen molar-refractivity contribution in [1.29, 1.82) is 0 Å². The molecule has 1 atom stereocenters. The number of rotatable bonds is 4. The molecule has 0 fully saturated rings. The van der Waals surface area contributed by atoms with Gasteiger partial charge in [-0.2, -0.15) is 0 Å². The predicted octanol–water partition coefficient (Wildman–Crippen LogP) is 5.64. The van der Waals surface area contributed by atoms with Gasteiger partial charge < -0.3 is 5.32 Å². The van der Waals surface area contributed by atoms with Crippen LogP contribution in [0.3, 0.4) is 0 Å². The Morgan fingerprint density at radius 2 is 2.00 bits per heavy atom. The molecule has 0 spiro atoms. The molecule has 1 N–H and O–H groups in total. The van der Waals surface area contributed by atoms with Gasteiger partial charge in [0.25, 0.3) is 5.91 Å². The first-order valence-electron chi connectivity index (χ1n) is 6.52. The summed E-state index contributed by atoms with van der Waals surface area (Å²) in [6.07, 6.45) is 0.774. The van der Waals surface area contributed by atoms with Gasteiger partial charge in [0.15, 0.2) is 0 Å². The monoisotopic (exact) mass is 385 g/mol. The van der Waals surface area contributed by atoms with Crippen molar-refractivity contribution < 1.29 is 4.79 Å². The van der Waals surface area contributed by atoms with Gasteiger partial charge in [0.2, 0.25) is 0 Å². The lowest BCUT2D eigenvalue weighted by Crippen LogP contribution is -2.28. The highest BCUT2D eigenvalue weighted by Gasteiger charge is 2.15. The van der Waals surface area contributed by atoms with E-state index < -0.39 is 0 Å². The van der Waals surface area contributed by atoms with Gasteiger partial charge in [-0.05, 0) is 58.2 Å². The summed E-state index contributed by atoms with van der Waals surface area (Å²) in [6, 6.07) is 12.6. The zero-order chi connectivity index (χ0) is 15.4. The van der Waals surface area contributed by atoms with Gasteiger partial charge >= 0.3 is 0 Å². The third-order valence-electron chi connectivity index (χ3n) is 3.15. The lowest BCUT2D eigenvalue weighted by atomic mass is 10.0. The summed E-state index contributed by atoms with van der Waals surface area (Å²) in [7, 11) is 0. The fourth-order valence-electron chi connectivity index (χ4n) is 2.02. The molecule has 2 nitrogen and oxygen atoms in total. The van der Waals surface area contributed by atoms with Crippen LogP contribution in [0.15, 0.2) is 46.9 Å². The molecule has 0 aromatic heterocycles. The van der Waals surface area contributed by atoms with Gasteiger partial charge in [0.1, 0.15) is 0 Å². The summed E-state index contributed by atoms with van der Waals surface area (Å²) < 4.78 is 0.766. The predicted molar refractivity (Wildman–Crippen MR) is 91.1 cm³/mol. The number of halogens is 3. The van der Waals surface area contributed by atoms with Crippen LogP contribution in [0.2, 0.25) is 10.0 Å². The van der Waals surface area contributed by atoms with Crippen LogP contribution < -0.4 is 5.32 Å². The summed E-state index contributed by atoms with van der Waals surface area (Å²) in [5.74, 6) is -0.156. The van der Waals surface area contributed by atoms with Crippen molar-refractivity contribution in [3.8, 4) is 0 Å². The lowest BCUT2D eigenvalue weighted by molar-refractivity contribution is 0.0935. The molecule has 2 aromatic carbocycles. The zero-order valence-corrected chi connectivity index (χ0v) is 14.5. The maximum atomic E-state index is 12.3. The third kappa shape index (κ3) is 4.22. The smallest absolute Gasteiger partial charge is 0.251 e. The van der Waals surface area contributed by atoms with E-state index >= 15 is 0 Å². The van der Waals surface area contributed by atoms with E-state index in [1.54, 1.807) is 18.2 Å². The minimum atomic E-state index is -0.156. The molecule has 0 radical (unpaired) electrons. The van der Waals surface area contributed by atoms with Crippen LogP contribution in [0.1, 0.15) is 35.3 Å². The normalized spacial score (nSPS) is 12.0. The number of hydrogen-bond donors (Lipinski definition) is 1. The topological polar surface area (TPSA) is 29.1 Å². The number of amides is 1. The summed E-state index contributed by atoms with van der Waals surface area (Å²) in [6.45, 7) is 2.01. The van der Waals surface area contributed by atoms with Gasteiger partial charge in [0, 0.05) is 15.1 Å². The Morgan fingerprint density at radius 1 is 1.24 bits per heavy atom. The van der Waals surface area contributed by atoms with Crippen molar-refractivity contribution >= 4 is 45.0 Å². The van der Waals surface area contributed by atoms with E-state index in [1.165, 1.54) is 0 Å². The Hall–Kier alpha value is -1.03. The maximum Gasteiger partial charge on any atom is 0.251 e. The highest BCUT2D eigenvalue weighted by Crippen LogP contribution is 2.24. The van der Waals surface area contributed by atoms with E-state index in [4.69, 9.17) is 23.2 Å². The zero-order valence-electron chi connectivity index (χ0n) is 11.4. The minimum Gasteiger partial charge on any atom is -0.345 e. The van der Waals surface area contributed by atoms with Crippen LogP contribution in [0, 0.1) is 0 Å². The highest BCUT2D eigenvalue weighted by atomic mass is 79.9. The minimum absolute atomic E-state index is 0.0846. The molecule has 2 aromatic rings.